The number of nitrogens with one attached hydrogen (secondary N) is 3. The fourth-order valence-electron chi connectivity index (χ4n) is 1.37. The van der Waals surface area contributed by atoms with Gasteiger partial charge in [-0.15, -0.1) is 0 Å². The van der Waals surface area contributed by atoms with Crippen LogP contribution in [0.3, 0.4) is 0 Å². The van der Waals surface area contributed by atoms with Crippen molar-refractivity contribution in [3.8, 4) is 0 Å². The Labute approximate surface area is 96.7 Å². The molecule has 1 aliphatic rings. The molecule has 0 unspecified atom stereocenters. The number of anilines is 1. The van der Waals surface area contributed by atoms with Gasteiger partial charge in [0.2, 0.25) is 0 Å². The Bertz CT molecular complexity index is 481. The van der Waals surface area contributed by atoms with Crippen LogP contribution in [0.2, 0.25) is 0 Å². The van der Waals surface area contributed by atoms with E-state index >= 15 is 0 Å². The van der Waals surface area contributed by atoms with Crippen LogP contribution in [0, 0.1) is 10.1 Å². The van der Waals surface area contributed by atoms with Crippen LogP contribution < -0.4 is 16.0 Å². The van der Waals surface area contributed by atoms with E-state index < -0.39 is 4.92 Å². The van der Waals surface area contributed by atoms with Gasteiger partial charge in [-0.1, -0.05) is 0 Å². The molecule has 0 aromatic heterocycles. The van der Waals surface area contributed by atoms with Crippen molar-refractivity contribution in [3.63, 3.8) is 0 Å². The van der Waals surface area contributed by atoms with Crippen molar-refractivity contribution in [2.75, 3.05) is 11.9 Å². The van der Waals surface area contributed by atoms with Gasteiger partial charge in [0.1, 0.15) is 5.82 Å². The largest absolute Gasteiger partial charge is 0.342 e. The lowest BCUT2D eigenvalue weighted by Gasteiger charge is -2.17. The van der Waals surface area contributed by atoms with Crippen LogP contribution in [-0.4, -0.2) is 17.5 Å². The molecular formula is C10H10N4O3. The first-order chi connectivity index (χ1) is 8.15. The third-order valence-electron chi connectivity index (χ3n) is 2.17. The topological polar surface area (TPSA) is 96.3 Å². The molecule has 2 amide bonds. The molecule has 0 atom stereocenters. The minimum atomic E-state index is -0.463. The molecule has 0 spiro atoms. The highest BCUT2D eigenvalue weighted by atomic mass is 16.6. The average Bonchev–Trinajstić information content (AvgIpc) is 2.29. The van der Waals surface area contributed by atoms with E-state index in [9.17, 15) is 14.9 Å². The van der Waals surface area contributed by atoms with E-state index in [-0.39, 0.29) is 11.7 Å². The molecule has 2 rings (SSSR count). The lowest BCUT2D eigenvalue weighted by atomic mass is 10.3. The molecular weight excluding hydrogens is 224 g/mol. The van der Waals surface area contributed by atoms with Gasteiger partial charge in [-0.05, 0) is 18.2 Å². The lowest BCUT2D eigenvalue weighted by molar-refractivity contribution is -0.384. The van der Waals surface area contributed by atoms with Gasteiger partial charge in [-0.2, -0.15) is 0 Å². The molecule has 17 heavy (non-hydrogen) atoms. The number of nitro groups is 1. The van der Waals surface area contributed by atoms with Crippen molar-refractivity contribution in [2.45, 2.75) is 0 Å². The molecule has 0 saturated carbocycles. The first-order valence-electron chi connectivity index (χ1n) is 4.91. The number of nitrogens with zero attached hydrogens (tertiary/aromatic N) is 1. The quantitative estimate of drug-likeness (QED) is 0.540. The van der Waals surface area contributed by atoms with Crippen molar-refractivity contribution in [3.05, 3.63) is 46.3 Å². The third kappa shape index (κ3) is 2.71. The Morgan fingerprint density at radius 1 is 1.29 bits per heavy atom. The van der Waals surface area contributed by atoms with Gasteiger partial charge < -0.3 is 10.6 Å². The van der Waals surface area contributed by atoms with Crippen molar-refractivity contribution >= 4 is 17.4 Å². The van der Waals surface area contributed by atoms with Crippen molar-refractivity contribution in [2.24, 2.45) is 0 Å². The van der Waals surface area contributed by atoms with Gasteiger partial charge in [-0.3, -0.25) is 15.4 Å². The Hall–Kier alpha value is -2.57. The fraction of sp³-hybridized carbons (Fsp3) is 0.100. The van der Waals surface area contributed by atoms with Crippen LogP contribution in [0.5, 0.6) is 0 Å². The Balaban J connectivity index is 2.06. The van der Waals surface area contributed by atoms with E-state index in [2.05, 4.69) is 16.0 Å². The van der Waals surface area contributed by atoms with Gasteiger partial charge in [0.15, 0.2) is 0 Å². The second-order valence-corrected chi connectivity index (χ2v) is 3.38. The summed E-state index contributed by atoms with van der Waals surface area (Å²) in [5.41, 5.74) is 0.697. The van der Waals surface area contributed by atoms with Gasteiger partial charge in [0.25, 0.3) is 5.69 Å². The molecule has 0 aliphatic carbocycles. The highest BCUT2D eigenvalue weighted by Crippen LogP contribution is 2.16. The van der Waals surface area contributed by atoms with Crippen molar-refractivity contribution < 1.29 is 9.72 Å². The van der Waals surface area contributed by atoms with Crippen LogP contribution in [0.25, 0.3) is 0 Å². The summed E-state index contributed by atoms with van der Waals surface area (Å²) in [5.74, 6) is 0.558. The number of carbonyl (C=O) groups is 1. The fourth-order valence-corrected chi connectivity index (χ4v) is 1.37. The number of carbonyl (C=O) groups excluding carboxylic acids is 1. The molecule has 0 fully saturated rings. The van der Waals surface area contributed by atoms with Crippen LogP contribution in [0.4, 0.5) is 16.2 Å². The number of urea groups is 1. The second kappa shape index (κ2) is 4.52. The highest BCUT2D eigenvalue weighted by Gasteiger charge is 2.09. The van der Waals surface area contributed by atoms with Gasteiger partial charge >= 0.3 is 6.03 Å². The first-order valence-corrected chi connectivity index (χ1v) is 4.91. The minimum absolute atomic E-state index is 0.0267. The van der Waals surface area contributed by atoms with Gasteiger partial charge in [0.05, 0.1) is 4.92 Å². The van der Waals surface area contributed by atoms with E-state index in [1.54, 1.807) is 18.2 Å². The number of rotatable bonds is 3. The number of hydrogen-bond acceptors (Lipinski definition) is 4. The van der Waals surface area contributed by atoms with Crippen LogP contribution in [0.15, 0.2) is 36.2 Å². The van der Waals surface area contributed by atoms with E-state index in [0.717, 1.165) is 0 Å². The molecule has 7 heteroatoms. The molecule has 1 aromatic rings. The molecule has 1 heterocycles. The van der Waals surface area contributed by atoms with E-state index in [1.165, 1.54) is 12.1 Å². The summed E-state index contributed by atoms with van der Waals surface area (Å²) >= 11 is 0. The maximum absolute atomic E-state index is 11.0. The zero-order valence-electron chi connectivity index (χ0n) is 8.77. The molecule has 3 N–H and O–H groups in total. The second-order valence-electron chi connectivity index (χ2n) is 3.38. The Kier molecular flexibility index (Phi) is 2.91. The first kappa shape index (κ1) is 10.9. The molecule has 0 saturated heterocycles. The summed E-state index contributed by atoms with van der Waals surface area (Å²) in [7, 11) is 0. The summed E-state index contributed by atoms with van der Waals surface area (Å²) in [6.45, 7) is 0.446. The molecule has 0 radical (unpaired) electrons. The predicted molar refractivity (Wildman–Crippen MR) is 61.3 cm³/mol. The molecule has 1 aliphatic heterocycles. The Morgan fingerprint density at radius 2 is 2.00 bits per heavy atom. The molecule has 1 aromatic carbocycles. The van der Waals surface area contributed by atoms with E-state index in [0.29, 0.717) is 18.1 Å². The van der Waals surface area contributed by atoms with Gasteiger partial charge in [-0.25, -0.2) is 4.79 Å². The smallest absolute Gasteiger partial charge is 0.320 e. The van der Waals surface area contributed by atoms with Crippen molar-refractivity contribution in [1.82, 2.24) is 10.6 Å². The summed E-state index contributed by atoms with van der Waals surface area (Å²) < 4.78 is 0. The predicted octanol–water partition coefficient (Wildman–Crippen LogP) is 1.16. The van der Waals surface area contributed by atoms with Crippen LogP contribution in [0.1, 0.15) is 0 Å². The zero-order chi connectivity index (χ0) is 12.3. The summed E-state index contributed by atoms with van der Waals surface area (Å²) in [5, 5.41) is 18.5. The summed E-state index contributed by atoms with van der Waals surface area (Å²) in [6.07, 6.45) is 1.77. The maximum Gasteiger partial charge on any atom is 0.320 e. The van der Waals surface area contributed by atoms with E-state index in [4.69, 9.17) is 0 Å². The lowest BCUT2D eigenvalue weighted by Crippen LogP contribution is -2.41. The SMILES string of the molecule is O=C1NCC=C(Nc2ccc([N+](=O)[O-])cc2)N1. The average molecular weight is 234 g/mol. The zero-order valence-corrected chi connectivity index (χ0v) is 8.77. The van der Waals surface area contributed by atoms with Crippen LogP contribution in [-0.2, 0) is 0 Å². The maximum atomic E-state index is 11.0. The van der Waals surface area contributed by atoms with Crippen molar-refractivity contribution in [1.29, 1.82) is 0 Å². The number of nitro benzene ring substituents is 1. The van der Waals surface area contributed by atoms with Crippen LogP contribution >= 0.6 is 0 Å². The third-order valence-corrected chi connectivity index (χ3v) is 2.17. The number of non-ortho nitro benzene ring substituents is 1. The number of benzene rings is 1. The minimum Gasteiger partial charge on any atom is -0.342 e. The Morgan fingerprint density at radius 3 is 2.59 bits per heavy atom. The molecule has 0 bridgehead atoms. The number of amides is 2. The van der Waals surface area contributed by atoms with E-state index in [1.807, 2.05) is 0 Å². The monoisotopic (exact) mass is 234 g/mol. The van der Waals surface area contributed by atoms with Gasteiger partial charge in [0, 0.05) is 24.4 Å². The molecule has 7 nitrogen and oxygen atoms in total. The normalized spacial score (nSPS) is 14.4. The highest BCUT2D eigenvalue weighted by molar-refractivity contribution is 5.78. The number of hydrogen-bond donors (Lipinski definition) is 3. The summed E-state index contributed by atoms with van der Waals surface area (Å²) in [4.78, 5) is 21.0. The molecule has 88 valence electrons. The summed E-state index contributed by atoms with van der Waals surface area (Å²) in [6, 6.07) is 5.66. The standard InChI is InChI=1S/C10H10N4O3/c15-10-11-6-5-9(13-10)12-7-1-3-8(4-2-7)14(16)17/h1-5,12H,6H2,(H2,11,13,15).